The number of ether oxygens (including phenoxy) is 1. The number of non-ortho nitro benzene ring substituents is 1. The van der Waals surface area contributed by atoms with Crippen LogP contribution in [0.3, 0.4) is 0 Å². The maximum absolute atomic E-state index is 11.5. The van der Waals surface area contributed by atoms with Crippen molar-refractivity contribution in [1.29, 1.82) is 0 Å². The number of hydrogen-bond acceptors (Lipinski definition) is 5. The summed E-state index contributed by atoms with van der Waals surface area (Å²) in [7, 11) is 2.85. The van der Waals surface area contributed by atoms with E-state index in [0.717, 1.165) is 0 Å². The van der Waals surface area contributed by atoms with Gasteiger partial charge in [-0.1, -0.05) is 7.43 Å². The van der Waals surface area contributed by atoms with E-state index in [9.17, 15) is 14.9 Å². The molecule has 96 valence electrons. The lowest BCUT2D eigenvalue weighted by Gasteiger charge is -1.98. The van der Waals surface area contributed by atoms with Crippen LogP contribution in [-0.4, -0.2) is 27.8 Å². The van der Waals surface area contributed by atoms with Gasteiger partial charge in [0.15, 0.2) is 5.69 Å². The van der Waals surface area contributed by atoms with Crippen LogP contribution in [0, 0.1) is 10.1 Å². The number of hydrogen-bond donors (Lipinski definition) is 0. The fourth-order valence-electron chi connectivity index (χ4n) is 1.64. The average molecular weight is 251 g/mol. The largest absolute Gasteiger partial charge is 0.464 e. The summed E-state index contributed by atoms with van der Waals surface area (Å²) < 4.78 is 5.98. The Hall–Kier alpha value is -2.44. The van der Waals surface area contributed by atoms with E-state index in [1.165, 1.54) is 30.0 Å². The molecule has 0 aliphatic rings. The van der Waals surface area contributed by atoms with E-state index in [4.69, 9.17) is 0 Å². The zero-order chi connectivity index (χ0) is 12.6. The second-order valence-electron chi connectivity index (χ2n) is 3.42. The SMILES string of the molecule is C.COC(=O)c1c2ccc([N+](=O)[O-])cc2nn1C. The molecule has 2 aromatic rings. The van der Waals surface area contributed by atoms with Crippen LogP contribution in [0.1, 0.15) is 17.9 Å². The van der Waals surface area contributed by atoms with Gasteiger partial charge in [0.2, 0.25) is 0 Å². The van der Waals surface area contributed by atoms with E-state index < -0.39 is 10.9 Å². The third-order valence-corrected chi connectivity index (χ3v) is 2.41. The highest BCUT2D eigenvalue weighted by Gasteiger charge is 2.18. The number of nitro groups is 1. The van der Waals surface area contributed by atoms with Crippen molar-refractivity contribution >= 4 is 22.6 Å². The van der Waals surface area contributed by atoms with Gasteiger partial charge in [-0.25, -0.2) is 4.79 Å². The molecule has 0 unspecified atom stereocenters. The molecule has 1 aromatic carbocycles. The van der Waals surface area contributed by atoms with E-state index in [0.29, 0.717) is 10.9 Å². The topological polar surface area (TPSA) is 87.3 Å². The number of carbonyl (C=O) groups is 1. The molecule has 7 nitrogen and oxygen atoms in total. The Labute approximate surface area is 103 Å². The molecule has 18 heavy (non-hydrogen) atoms. The van der Waals surface area contributed by atoms with Crippen LogP contribution in [0.25, 0.3) is 10.9 Å². The van der Waals surface area contributed by atoms with Gasteiger partial charge >= 0.3 is 5.97 Å². The maximum atomic E-state index is 11.5. The van der Waals surface area contributed by atoms with Crippen LogP contribution in [0.15, 0.2) is 18.2 Å². The highest BCUT2D eigenvalue weighted by atomic mass is 16.6. The minimum Gasteiger partial charge on any atom is -0.464 e. The van der Waals surface area contributed by atoms with Gasteiger partial charge in [-0.05, 0) is 6.07 Å². The summed E-state index contributed by atoms with van der Waals surface area (Å²) in [6.45, 7) is 0. The van der Waals surface area contributed by atoms with Crippen molar-refractivity contribution in [3.63, 3.8) is 0 Å². The first kappa shape index (κ1) is 13.6. The zero-order valence-corrected chi connectivity index (χ0v) is 9.21. The molecule has 0 N–H and O–H groups in total. The lowest BCUT2D eigenvalue weighted by Crippen LogP contribution is -2.08. The molecule has 1 heterocycles. The fourth-order valence-corrected chi connectivity index (χ4v) is 1.64. The number of esters is 1. The average Bonchev–Trinajstić information content (AvgIpc) is 2.62. The Bertz CT molecular complexity index is 618. The number of carbonyl (C=O) groups excluding carboxylic acids is 1. The van der Waals surface area contributed by atoms with Gasteiger partial charge in [0.05, 0.1) is 12.0 Å². The summed E-state index contributed by atoms with van der Waals surface area (Å²) in [4.78, 5) is 21.6. The van der Waals surface area contributed by atoms with Gasteiger partial charge in [-0.15, -0.1) is 0 Å². The first-order valence-electron chi connectivity index (χ1n) is 4.74. The number of aryl methyl sites for hydroxylation is 1. The molecule has 1 aromatic heterocycles. The fraction of sp³-hybridized carbons (Fsp3) is 0.273. The number of aromatic nitrogens is 2. The molecule has 0 bridgehead atoms. The molecule has 0 saturated heterocycles. The molecule has 2 rings (SSSR count). The second-order valence-corrected chi connectivity index (χ2v) is 3.42. The molecule has 0 saturated carbocycles. The molecule has 0 radical (unpaired) electrons. The normalized spacial score (nSPS) is 9.89. The molecule has 0 fully saturated rings. The van der Waals surface area contributed by atoms with Crippen molar-refractivity contribution < 1.29 is 14.5 Å². The monoisotopic (exact) mass is 251 g/mol. The predicted octanol–water partition coefficient (Wildman–Crippen LogP) is 1.90. The number of benzene rings is 1. The number of nitro benzene ring substituents is 1. The Morgan fingerprint density at radius 2 is 2.17 bits per heavy atom. The van der Waals surface area contributed by atoms with Gasteiger partial charge in [-0.3, -0.25) is 14.8 Å². The van der Waals surface area contributed by atoms with Crippen molar-refractivity contribution in [2.24, 2.45) is 7.05 Å². The summed E-state index contributed by atoms with van der Waals surface area (Å²) in [5.41, 5.74) is 0.603. The number of nitrogens with zero attached hydrogens (tertiary/aromatic N) is 3. The summed E-state index contributed by atoms with van der Waals surface area (Å²) in [5.74, 6) is -0.524. The van der Waals surface area contributed by atoms with Crippen LogP contribution < -0.4 is 0 Å². The summed E-state index contributed by atoms with van der Waals surface area (Å²) >= 11 is 0. The van der Waals surface area contributed by atoms with Gasteiger partial charge in [-0.2, -0.15) is 5.10 Å². The van der Waals surface area contributed by atoms with Crippen molar-refractivity contribution in [1.82, 2.24) is 9.78 Å². The van der Waals surface area contributed by atoms with E-state index in [-0.39, 0.29) is 18.8 Å². The lowest BCUT2D eigenvalue weighted by molar-refractivity contribution is -0.384. The molecule has 7 heteroatoms. The Kier molecular flexibility index (Phi) is 3.65. The Morgan fingerprint density at radius 1 is 1.50 bits per heavy atom. The van der Waals surface area contributed by atoms with E-state index in [2.05, 4.69) is 9.84 Å². The van der Waals surface area contributed by atoms with Crippen molar-refractivity contribution in [2.75, 3.05) is 7.11 Å². The maximum Gasteiger partial charge on any atom is 0.356 e. The summed E-state index contributed by atoms with van der Waals surface area (Å²) in [6.07, 6.45) is 0. The number of fused-ring (bicyclic) bond motifs is 1. The van der Waals surface area contributed by atoms with Crippen LogP contribution >= 0.6 is 0 Å². The van der Waals surface area contributed by atoms with Gasteiger partial charge in [0, 0.05) is 24.6 Å². The van der Waals surface area contributed by atoms with Crippen LogP contribution in [-0.2, 0) is 11.8 Å². The Morgan fingerprint density at radius 3 is 2.72 bits per heavy atom. The predicted molar refractivity (Wildman–Crippen MR) is 65.4 cm³/mol. The van der Waals surface area contributed by atoms with Crippen molar-refractivity contribution in [3.8, 4) is 0 Å². The molecule has 0 spiro atoms. The van der Waals surface area contributed by atoms with E-state index in [1.54, 1.807) is 7.05 Å². The quantitative estimate of drug-likeness (QED) is 0.462. The lowest BCUT2D eigenvalue weighted by atomic mass is 10.2. The minimum atomic E-state index is -0.524. The van der Waals surface area contributed by atoms with Gasteiger partial charge in [0.25, 0.3) is 5.69 Å². The first-order chi connectivity index (χ1) is 8.04. The second kappa shape index (κ2) is 4.82. The highest BCUT2D eigenvalue weighted by molar-refractivity contribution is 6.02. The molecule has 0 aliphatic heterocycles. The van der Waals surface area contributed by atoms with Crippen LogP contribution in [0.4, 0.5) is 5.69 Å². The molecular weight excluding hydrogens is 238 g/mol. The van der Waals surface area contributed by atoms with E-state index >= 15 is 0 Å². The standard InChI is InChI=1S/C10H9N3O4.CH4/c1-12-9(10(14)17-2)7-4-3-6(13(15)16)5-8(7)11-12;/h3-5H,1-2H3;1H4. The smallest absolute Gasteiger partial charge is 0.356 e. The minimum absolute atomic E-state index is 0. The summed E-state index contributed by atoms with van der Waals surface area (Å²) in [6, 6.07) is 4.14. The molecule has 0 amide bonds. The van der Waals surface area contributed by atoms with Crippen molar-refractivity contribution in [3.05, 3.63) is 34.0 Å². The van der Waals surface area contributed by atoms with Crippen LogP contribution in [0.5, 0.6) is 0 Å². The summed E-state index contributed by atoms with van der Waals surface area (Å²) in [5, 5.41) is 15.2. The third-order valence-electron chi connectivity index (χ3n) is 2.41. The molecular formula is C11H13N3O4. The molecule has 0 atom stereocenters. The van der Waals surface area contributed by atoms with Crippen molar-refractivity contribution in [2.45, 2.75) is 7.43 Å². The zero-order valence-electron chi connectivity index (χ0n) is 9.21. The van der Waals surface area contributed by atoms with E-state index in [1.807, 2.05) is 0 Å². The molecule has 0 aliphatic carbocycles. The third kappa shape index (κ3) is 2.02. The Balaban J connectivity index is 0.00000162. The number of rotatable bonds is 2. The highest BCUT2D eigenvalue weighted by Crippen LogP contribution is 2.23. The van der Waals surface area contributed by atoms with Gasteiger partial charge < -0.3 is 4.74 Å². The number of methoxy groups -OCH3 is 1. The van der Waals surface area contributed by atoms with Gasteiger partial charge in [0.1, 0.15) is 5.52 Å². The first-order valence-corrected chi connectivity index (χ1v) is 4.74. The van der Waals surface area contributed by atoms with Crippen LogP contribution in [0.2, 0.25) is 0 Å².